The molecule has 0 atom stereocenters. The number of thiazole rings is 1. The molecule has 2 rings (SSSR count). The van der Waals surface area contributed by atoms with Gasteiger partial charge in [-0.3, -0.25) is 4.72 Å². The molecule has 0 radical (unpaired) electrons. The molecule has 102 valence electrons. The van der Waals surface area contributed by atoms with Gasteiger partial charge >= 0.3 is 0 Å². The molecule has 9 heteroatoms. The van der Waals surface area contributed by atoms with E-state index in [4.69, 9.17) is 5.73 Å². The van der Waals surface area contributed by atoms with E-state index in [1.165, 1.54) is 6.20 Å². The average Bonchev–Trinajstić information content (AvgIpc) is 2.68. The van der Waals surface area contributed by atoms with Crippen molar-refractivity contribution in [3.05, 3.63) is 33.5 Å². The summed E-state index contributed by atoms with van der Waals surface area (Å²) in [6.07, 6.45) is 1.52. The zero-order valence-electron chi connectivity index (χ0n) is 9.65. The van der Waals surface area contributed by atoms with Gasteiger partial charge in [-0.15, -0.1) is 11.3 Å². The molecule has 2 aromatic rings. The van der Waals surface area contributed by atoms with Gasteiger partial charge in [0.05, 0.1) is 0 Å². The molecule has 0 aliphatic carbocycles. The molecular weight excluding hydrogens is 357 g/mol. The first-order valence-corrected chi connectivity index (χ1v) is 8.08. The van der Waals surface area contributed by atoms with Gasteiger partial charge in [-0.05, 0) is 35.0 Å². The van der Waals surface area contributed by atoms with Gasteiger partial charge in [-0.25, -0.2) is 17.8 Å². The first-order valence-electron chi connectivity index (χ1n) is 4.99. The van der Waals surface area contributed by atoms with Gasteiger partial charge in [0.15, 0.2) is 5.13 Å². The Morgan fingerprint density at radius 3 is 2.74 bits per heavy atom. The largest absolute Gasteiger partial charge is 0.398 e. The van der Waals surface area contributed by atoms with Crippen LogP contribution in [0.1, 0.15) is 4.88 Å². The molecule has 1 aromatic carbocycles. The number of hydrogen-bond donors (Lipinski definition) is 2. The summed E-state index contributed by atoms with van der Waals surface area (Å²) in [5, 5.41) is 0.179. The number of aryl methyl sites for hydroxylation is 1. The third kappa shape index (κ3) is 3.04. The highest BCUT2D eigenvalue weighted by Crippen LogP contribution is 2.28. The number of nitrogens with one attached hydrogen (secondary N) is 1. The maximum atomic E-state index is 13.7. The molecule has 0 aliphatic heterocycles. The van der Waals surface area contributed by atoms with Crippen LogP contribution in [0.5, 0.6) is 0 Å². The van der Waals surface area contributed by atoms with Crippen LogP contribution in [-0.2, 0) is 10.0 Å². The highest BCUT2D eigenvalue weighted by molar-refractivity contribution is 9.10. The Hall–Kier alpha value is -1.19. The molecular formula is C10H9BrFN3O2S2. The Morgan fingerprint density at radius 2 is 2.16 bits per heavy atom. The fourth-order valence-electron chi connectivity index (χ4n) is 1.32. The van der Waals surface area contributed by atoms with Crippen molar-refractivity contribution in [1.82, 2.24) is 4.98 Å². The number of nitrogens with two attached hydrogens (primary N) is 1. The van der Waals surface area contributed by atoms with E-state index in [2.05, 4.69) is 25.6 Å². The van der Waals surface area contributed by atoms with E-state index in [1.54, 1.807) is 6.92 Å². The van der Waals surface area contributed by atoms with E-state index in [9.17, 15) is 12.8 Å². The van der Waals surface area contributed by atoms with Gasteiger partial charge in [-0.1, -0.05) is 0 Å². The van der Waals surface area contributed by atoms with Gasteiger partial charge in [-0.2, -0.15) is 0 Å². The minimum absolute atomic E-state index is 0.136. The molecule has 0 aliphatic rings. The van der Waals surface area contributed by atoms with E-state index >= 15 is 0 Å². The highest BCUT2D eigenvalue weighted by atomic mass is 79.9. The molecule has 5 nitrogen and oxygen atoms in total. The maximum Gasteiger partial charge on any atom is 0.266 e. The van der Waals surface area contributed by atoms with Gasteiger partial charge in [0.2, 0.25) is 0 Å². The molecule has 19 heavy (non-hydrogen) atoms. The van der Waals surface area contributed by atoms with Crippen LogP contribution in [0.3, 0.4) is 0 Å². The summed E-state index contributed by atoms with van der Waals surface area (Å²) >= 11 is 4.18. The molecule has 0 bridgehead atoms. The van der Waals surface area contributed by atoms with Crippen LogP contribution in [0.2, 0.25) is 0 Å². The fraction of sp³-hybridized carbons (Fsp3) is 0.100. The van der Waals surface area contributed by atoms with Gasteiger partial charge < -0.3 is 5.73 Å². The minimum Gasteiger partial charge on any atom is -0.398 e. The molecule has 0 amide bonds. The first kappa shape index (κ1) is 14.2. The predicted octanol–water partition coefficient (Wildman–Crippen LogP) is 2.74. The summed E-state index contributed by atoms with van der Waals surface area (Å²) < 4.78 is 40.3. The van der Waals surface area contributed by atoms with Crippen LogP contribution in [0.25, 0.3) is 0 Å². The van der Waals surface area contributed by atoms with Crippen LogP contribution < -0.4 is 10.5 Å². The third-order valence-electron chi connectivity index (χ3n) is 2.18. The van der Waals surface area contributed by atoms with Gasteiger partial charge in [0.1, 0.15) is 10.7 Å². The van der Waals surface area contributed by atoms with Gasteiger partial charge in [0, 0.05) is 21.2 Å². The summed E-state index contributed by atoms with van der Waals surface area (Å²) in [4.78, 5) is 4.19. The Bertz CT molecular complexity index is 730. The van der Waals surface area contributed by atoms with Crippen molar-refractivity contribution in [3.8, 4) is 0 Å². The lowest BCUT2D eigenvalue weighted by Gasteiger charge is -2.08. The molecule has 0 saturated carbocycles. The number of hydrogen-bond acceptors (Lipinski definition) is 5. The topological polar surface area (TPSA) is 85.1 Å². The smallest absolute Gasteiger partial charge is 0.266 e. The van der Waals surface area contributed by atoms with E-state index in [0.29, 0.717) is 4.47 Å². The summed E-state index contributed by atoms with van der Waals surface area (Å²) in [7, 11) is -4.05. The molecule has 3 N–H and O–H groups in total. The van der Waals surface area contributed by atoms with Crippen LogP contribution in [0, 0.1) is 12.7 Å². The quantitative estimate of drug-likeness (QED) is 0.818. The Labute approximate surface area is 121 Å². The first-order chi connectivity index (χ1) is 8.79. The number of halogens is 2. The number of rotatable bonds is 3. The minimum atomic E-state index is -4.05. The normalized spacial score (nSPS) is 11.5. The number of anilines is 2. The second-order valence-corrected chi connectivity index (χ2v) is 7.43. The van der Waals surface area contributed by atoms with Gasteiger partial charge in [0.25, 0.3) is 10.0 Å². The zero-order chi connectivity index (χ0) is 14.2. The molecule has 0 saturated heterocycles. The second kappa shape index (κ2) is 5.06. The number of aromatic nitrogens is 1. The van der Waals surface area contributed by atoms with E-state index < -0.39 is 20.7 Å². The standard InChI is InChI=1S/C10H9BrFN3O2S2/c1-5-4-14-10(18-5)15-19(16,17)9-3-8(13)6(11)2-7(9)12/h2-4H,13H2,1H3,(H,14,15). The molecule has 0 spiro atoms. The monoisotopic (exact) mass is 365 g/mol. The molecule has 0 fully saturated rings. The fourth-order valence-corrected chi connectivity index (χ4v) is 3.64. The number of nitrogens with zero attached hydrogens (tertiary/aromatic N) is 1. The lowest BCUT2D eigenvalue weighted by molar-refractivity contribution is 0.570. The second-order valence-electron chi connectivity index (χ2n) is 3.69. The van der Waals surface area contributed by atoms with E-state index in [0.717, 1.165) is 28.3 Å². The average molecular weight is 366 g/mol. The van der Waals surface area contributed by atoms with Crippen molar-refractivity contribution in [2.75, 3.05) is 10.5 Å². The van der Waals surface area contributed by atoms with Crippen molar-refractivity contribution in [3.63, 3.8) is 0 Å². The summed E-state index contributed by atoms with van der Waals surface area (Å²) in [6, 6.07) is 2.07. The Kier molecular flexibility index (Phi) is 3.79. The lowest BCUT2D eigenvalue weighted by Crippen LogP contribution is -2.15. The van der Waals surface area contributed by atoms with Crippen molar-refractivity contribution in [2.24, 2.45) is 0 Å². The third-order valence-corrected chi connectivity index (χ3v) is 5.18. The summed E-state index contributed by atoms with van der Waals surface area (Å²) in [5.74, 6) is -0.887. The van der Waals surface area contributed by atoms with Crippen LogP contribution in [-0.4, -0.2) is 13.4 Å². The summed E-state index contributed by atoms with van der Waals surface area (Å²) in [5.41, 5.74) is 5.70. The number of benzene rings is 1. The van der Waals surface area contributed by atoms with Crippen molar-refractivity contribution in [2.45, 2.75) is 11.8 Å². The zero-order valence-corrected chi connectivity index (χ0v) is 12.9. The van der Waals surface area contributed by atoms with Crippen LogP contribution >= 0.6 is 27.3 Å². The van der Waals surface area contributed by atoms with Crippen molar-refractivity contribution < 1.29 is 12.8 Å². The van der Waals surface area contributed by atoms with Crippen LogP contribution in [0.4, 0.5) is 15.2 Å². The lowest BCUT2D eigenvalue weighted by atomic mass is 10.3. The maximum absolute atomic E-state index is 13.7. The molecule has 1 aromatic heterocycles. The van der Waals surface area contributed by atoms with Crippen LogP contribution in [0.15, 0.2) is 27.7 Å². The highest BCUT2D eigenvalue weighted by Gasteiger charge is 2.21. The molecule has 0 unspecified atom stereocenters. The SMILES string of the molecule is Cc1cnc(NS(=O)(=O)c2cc(N)c(Br)cc2F)s1. The Balaban J connectivity index is 2.42. The number of sulfonamides is 1. The van der Waals surface area contributed by atoms with E-state index in [1.807, 2.05) is 0 Å². The predicted molar refractivity (Wildman–Crippen MR) is 76.2 cm³/mol. The number of nitrogen functional groups attached to an aromatic ring is 1. The van der Waals surface area contributed by atoms with Crippen molar-refractivity contribution in [1.29, 1.82) is 0 Å². The molecule has 1 heterocycles. The summed E-state index contributed by atoms with van der Waals surface area (Å²) in [6.45, 7) is 1.79. The Morgan fingerprint density at radius 1 is 1.47 bits per heavy atom. The van der Waals surface area contributed by atoms with Crippen molar-refractivity contribution >= 4 is 48.1 Å². The van der Waals surface area contributed by atoms with E-state index in [-0.39, 0.29) is 10.8 Å².